The summed E-state index contributed by atoms with van der Waals surface area (Å²) in [6, 6.07) is 1.61. The SMILES string of the molecule is CC1NCCCC1NC(=O)c1cc(C(F)(F)F)ccc1F. The van der Waals surface area contributed by atoms with Gasteiger partial charge in [0, 0.05) is 12.1 Å². The fraction of sp³-hybridized carbons (Fsp3) is 0.500. The van der Waals surface area contributed by atoms with Gasteiger partial charge in [-0.3, -0.25) is 4.79 Å². The summed E-state index contributed by atoms with van der Waals surface area (Å²) in [6.07, 6.45) is -3.05. The van der Waals surface area contributed by atoms with Gasteiger partial charge >= 0.3 is 6.18 Å². The first-order valence-electron chi connectivity index (χ1n) is 6.70. The topological polar surface area (TPSA) is 41.1 Å². The first kappa shape index (κ1) is 15.8. The van der Waals surface area contributed by atoms with E-state index in [-0.39, 0.29) is 12.1 Å². The molecule has 1 heterocycles. The molecule has 2 N–H and O–H groups in total. The number of carbonyl (C=O) groups excluding carboxylic acids is 1. The van der Waals surface area contributed by atoms with Gasteiger partial charge in [-0.25, -0.2) is 4.39 Å². The zero-order valence-corrected chi connectivity index (χ0v) is 11.4. The summed E-state index contributed by atoms with van der Waals surface area (Å²) in [7, 11) is 0. The number of halogens is 4. The van der Waals surface area contributed by atoms with Crippen LogP contribution in [0.25, 0.3) is 0 Å². The van der Waals surface area contributed by atoms with E-state index in [0.717, 1.165) is 13.0 Å². The molecule has 1 fully saturated rings. The Hall–Kier alpha value is -1.63. The minimum absolute atomic E-state index is 0.00319. The van der Waals surface area contributed by atoms with E-state index in [1.165, 1.54) is 0 Å². The predicted molar refractivity (Wildman–Crippen MR) is 69.4 cm³/mol. The van der Waals surface area contributed by atoms with Gasteiger partial charge < -0.3 is 10.6 Å². The Bertz CT molecular complexity index is 530. The average Bonchev–Trinajstić information content (AvgIpc) is 2.40. The zero-order chi connectivity index (χ0) is 15.6. The summed E-state index contributed by atoms with van der Waals surface area (Å²) < 4.78 is 51.5. The fourth-order valence-corrected chi connectivity index (χ4v) is 2.36. The Morgan fingerprint density at radius 1 is 1.38 bits per heavy atom. The minimum atomic E-state index is -4.61. The number of carbonyl (C=O) groups is 1. The second kappa shape index (κ2) is 6.01. The van der Waals surface area contributed by atoms with E-state index in [0.29, 0.717) is 24.6 Å². The van der Waals surface area contributed by atoms with E-state index < -0.39 is 29.0 Å². The van der Waals surface area contributed by atoms with E-state index in [1.54, 1.807) is 0 Å². The van der Waals surface area contributed by atoms with Crippen LogP contribution in [0.4, 0.5) is 17.6 Å². The molecule has 2 atom stereocenters. The Morgan fingerprint density at radius 2 is 2.10 bits per heavy atom. The van der Waals surface area contributed by atoms with E-state index in [9.17, 15) is 22.4 Å². The van der Waals surface area contributed by atoms with Crippen molar-refractivity contribution < 1.29 is 22.4 Å². The predicted octanol–water partition coefficient (Wildman–Crippen LogP) is 2.71. The normalized spacial score (nSPS) is 22.9. The van der Waals surface area contributed by atoms with Crippen molar-refractivity contribution in [1.29, 1.82) is 0 Å². The third kappa shape index (κ3) is 3.72. The molecule has 0 spiro atoms. The van der Waals surface area contributed by atoms with Crippen molar-refractivity contribution in [2.75, 3.05) is 6.54 Å². The molecule has 1 saturated heterocycles. The van der Waals surface area contributed by atoms with Gasteiger partial charge in [0.25, 0.3) is 5.91 Å². The zero-order valence-electron chi connectivity index (χ0n) is 11.4. The van der Waals surface area contributed by atoms with Gasteiger partial charge in [-0.1, -0.05) is 0 Å². The van der Waals surface area contributed by atoms with Crippen LogP contribution in [0, 0.1) is 5.82 Å². The van der Waals surface area contributed by atoms with E-state index in [2.05, 4.69) is 10.6 Å². The van der Waals surface area contributed by atoms with Crippen LogP contribution in [0.2, 0.25) is 0 Å². The van der Waals surface area contributed by atoms with E-state index in [4.69, 9.17) is 0 Å². The number of rotatable bonds is 2. The first-order chi connectivity index (χ1) is 9.79. The van der Waals surface area contributed by atoms with Crippen LogP contribution in [0.1, 0.15) is 35.7 Å². The van der Waals surface area contributed by atoms with Crippen molar-refractivity contribution >= 4 is 5.91 Å². The number of benzene rings is 1. The molecule has 0 bridgehead atoms. The summed E-state index contributed by atoms with van der Waals surface area (Å²) in [6.45, 7) is 2.69. The maximum absolute atomic E-state index is 13.6. The third-order valence-corrected chi connectivity index (χ3v) is 3.62. The Morgan fingerprint density at radius 3 is 2.71 bits per heavy atom. The molecule has 1 aliphatic heterocycles. The van der Waals surface area contributed by atoms with Crippen molar-refractivity contribution in [3.8, 4) is 0 Å². The molecule has 1 amide bonds. The molecule has 116 valence electrons. The average molecular weight is 304 g/mol. The van der Waals surface area contributed by atoms with Crippen LogP contribution in [-0.2, 0) is 6.18 Å². The molecule has 0 aliphatic carbocycles. The Balaban J connectivity index is 2.18. The van der Waals surface area contributed by atoms with Gasteiger partial charge in [-0.05, 0) is 44.5 Å². The number of piperidine rings is 1. The summed E-state index contributed by atoms with van der Waals surface area (Å²) in [5.41, 5.74) is -1.62. The largest absolute Gasteiger partial charge is 0.416 e. The molecule has 0 aromatic heterocycles. The molecule has 1 aromatic carbocycles. The van der Waals surface area contributed by atoms with Gasteiger partial charge in [0.2, 0.25) is 0 Å². The lowest BCUT2D eigenvalue weighted by molar-refractivity contribution is -0.137. The van der Waals surface area contributed by atoms with Crippen molar-refractivity contribution in [3.63, 3.8) is 0 Å². The first-order valence-corrected chi connectivity index (χ1v) is 6.70. The van der Waals surface area contributed by atoms with Crippen molar-refractivity contribution in [2.45, 2.75) is 38.0 Å². The summed E-state index contributed by atoms with van der Waals surface area (Å²) in [5, 5.41) is 5.75. The second-order valence-corrected chi connectivity index (χ2v) is 5.16. The van der Waals surface area contributed by atoms with Crippen LogP contribution in [0.15, 0.2) is 18.2 Å². The molecular formula is C14H16F4N2O. The van der Waals surface area contributed by atoms with Crippen molar-refractivity contribution in [2.24, 2.45) is 0 Å². The molecule has 0 radical (unpaired) electrons. The highest BCUT2D eigenvalue weighted by atomic mass is 19.4. The van der Waals surface area contributed by atoms with E-state index in [1.807, 2.05) is 6.92 Å². The lowest BCUT2D eigenvalue weighted by Crippen LogP contribution is -2.52. The van der Waals surface area contributed by atoms with Gasteiger partial charge in [-0.2, -0.15) is 13.2 Å². The van der Waals surface area contributed by atoms with Crippen LogP contribution in [0.5, 0.6) is 0 Å². The molecule has 21 heavy (non-hydrogen) atoms. The van der Waals surface area contributed by atoms with Gasteiger partial charge in [0.05, 0.1) is 11.1 Å². The molecule has 2 unspecified atom stereocenters. The van der Waals surface area contributed by atoms with Crippen molar-refractivity contribution in [3.05, 3.63) is 35.1 Å². The molecule has 1 aliphatic rings. The lowest BCUT2D eigenvalue weighted by Gasteiger charge is -2.30. The molecule has 2 rings (SSSR count). The number of hydrogen-bond donors (Lipinski definition) is 2. The number of hydrogen-bond acceptors (Lipinski definition) is 2. The maximum atomic E-state index is 13.6. The monoisotopic (exact) mass is 304 g/mol. The van der Waals surface area contributed by atoms with E-state index >= 15 is 0 Å². The standard InChI is InChI=1S/C14H16F4N2O/c1-8-12(3-2-6-19-8)20-13(21)10-7-9(14(16,17)18)4-5-11(10)15/h4-5,7-8,12,19H,2-3,6H2,1H3,(H,20,21). The number of nitrogens with one attached hydrogen (secondary N) is 2. The van der Waals surface area contributed by atoms with Crippen molar-refractivity contribution in [1.82, 2.24) is 10.6 Å². The summed E-state index contributed by atoms with van der Waals surface area (Å²) in [5.74, 6) is -1.78. The maximum Gasteiger partial charge on any atom is 0.416 e. The van der Waals surface area contributed by atoms with Gasteiger partial charge in [0.15, 0.2) is 0 Å². The number of alkyl halides is 3. The lowest BCUT2D eigenvalue weighted by atomic mass is 9.99. The van der Waals surface area contributed by atoms with Crippen LogP contribution >= 0.6 is 0 Å². The van der Waals surface area contributed by atoms with Crippen LogP contribution in [0.3, 0.4) is 0 Å². The number of amides is 1. The van der Waals surface area contributed by atoms with Gasteiger partial charge in [0.1, 0.15) is 5.82 Å². The highest BCUT2D eigenvalue weighted by Crippen LogP contribution is 2.30. The second-order valence-electron chi connectivity index (χ2n) is 5.16. The minimum Gasteiger partial charge on any atom is -0.348 e. The molecule has 0 saturated carbocycles. The molecule has 3 nitrogen and oxygen atoms in total. The van der Waals surface area contributed by atoms with Crippen LogP contribution in [-0.4, -0.2) is 24.5 Å². The third-order valence-electron chi connectivity index (χ3n) is 3.62. The summed E-state index contributed by atoms with van der Waals surface area (Å²) >= 11 is 0. The molecule has 1 aromatic rings. The quantitative estimate of drug-likeness (QED) is 0.825. The highest BCUT2D eigenvalue weighted by molar-refractivity contribution is 5.95. The molecule has 7 heteroatoms. The van der Waals surface area contributed by atoms with Gasteiger partial charge in [-0.15, -0.1) is 0 Å². The van der Waals surface area contributed by atoms with Crippen LogP contribution < -0.4 is 10.6 Å². The smallest absolute Gasteiger partial charge is 0.348 e. The Labute approximate surface area is 119 Å². The Kier molecular flexibility index (Phi) is 4.51. The highest BCUT2D eigenvalue weighted by Gasteiger charge is 2.32. The molecular weight excluding hydrogens is 288 g/mol. The summed E-state index contributed by atoms with van der Waals surface area (Å²) in [4.78, 5) is 12.0. The fourth-order valence-electron chi connectivity index (χ4n) is 2.36.